The van der Waals surface area contributed by atoms with Crippen molar-refractivity contribution in [2.24, 2.45) is 5.11 Å². The largest absolute Gasteiger partial charge is 0.594 e. The molecule has 17 heavy (non-hydrogen) atoms. The van der Waals surface area contributed by atoms with E-state index in [2.05, 4.69) is 5.11 Å². The van der Waals surface area contributed by atoms with Gasteiger partial charge in [0.15, 0.2) is 0 Å². The van der Waals surface area contributed by atoms with Gasteiger partial charge in [0.2, 0.25) is 5.69 Å². The molecule has 0 unspecified atom stereocenters. The summed E-state index contributed by atoms with van der Waals surface area (Å²) in [6.45, 7) is 0. The van der Waals surface area contributed by atoms with Gasteiger partial charge in [-0.05, 0) is 18.2 Å². The molecule has 0 aliphatic carbocycles. The van der Waals surface area contributed by atoms with E-state index >= 15 is 0 Å². The molecule has 0 aliphatic heterocycles. The molecule has 0 spiro atoms. The van der Waals surface area contributed by atoms with Crippen LogP contribution in [0.1, 0.15) is 0 Å². The van der Waals surface area contributed by atoms with Crippen LogP contribution in [0.5, 0.6) is 0 Å². The molecule has 5 heteroatoms. The van der Waals surface area contributed by atoms with Crippen LogP contribution in [0, 0.1) is 16.8 Å². The van der Waals surface area contributed by atoms with Crippen LogP contribution >= 0.6 is 0 Å². The van der Waals surface area contributed by atoms with Crippen LogP contribution < -0.4 is 0 Å². The Kier molecular flexibility index (Phi) is 3.09. The summed E-state index contributed by atoms with van der Waals surface area (Å²) < 4.78 is 25.7. The van der Waals surface area contributed by atoms with Crippen LogP contribution in [0.4, 0.5) is 20.2 Å². The predicted molar refractivity (Wildman–Crippen MR) is 58.2 cm³/mol. The number of nitrogens with zero attached hydrogens (tertiary/aromatic N) is 2. The standard InChI is InChI=1S/C12H8F2N2O/c13-9-3-1-5-11(7-9)15-16(17)12-6-2-4-10(14)8-12/h1-8H. The Balaban J connectivity index is 2.34. The number of rotatable bonds is 2. The van der Waals surface area contributed by atoms with Crippen molar-refractivity contribution in [3.05, 3.63) is 65.4 Å². The summed E-state index contributed by atoms with van der Waals surface area (Å²) >= 11 is 0. The van der Waals surface area contributed by atoms with Gasteiger partial charge in [0.1, 0.15) is 17.3 Å². The Morgan fingerprint density at radius 1 is 0.941 bits per heavy atom. The molecule has 0 radical (unpaired) electrons. The monoisotopic (exact) mass is 234 g/mol. The van der Waals surface area contributed by atoms with Gasteiger partial charge in [0.05, 0.1) is 0 Å². The molecular formula is C12H8F2N2O. The summed E-state index contributed by atoms with van der Waals surface area (Å²) in [5.41, 5.74) is 0.221. The molecule has 0 amide bonds. The lowest BCUT2D eigenvalue weighted by molar-refractivity contribution is -0.435. The molecule has 0 fully saturated rings. The van der Waals surface area contributed by atoms with E-state index in [1.807, 2.05) is 0 Å². The lowest BCUT2D eigenvalue weighted by Crippen LogP contribution is -1.91. The van der Waals surface area contributed by atoms with Gasteiger partial charge in [-0.25, -0.2) is 8.78 Å². The lowest BCUT2D eigenvalue weighted by Gasteiger charge is -1.99. The van der Waals surface area contributed by atoms with Gasteiger partial charge in [-0.3, -0.25) is 0 Å². The zero-order valence-electron chi connectivity index (χ0n) is 8.68. The smallest absolute Gasteiger partial charge is 0.247 e. The van der Waals surface area contributed by atoms with E-state index in [0.29, 0.717) is 0 Å². The molecule has 0 bridgehead atoms. The third-order valence-electron chi connectivity index (χ3n) is 2.04. The molecule has 0 saturated carbocycles. The highest BCUT2D eigenvalue weighted by Gasteiger charge is 2.05. The van der Waals surface area contributed by atoms with Crippen LogP contribution in [0.3, 0.4) is 0 Å². The predicted octanol–water partition coefficient (Wildman–Crippen LogP) is 3.89. The first kappa shape index (κ1) is 11.2. The molecule has 2 aromatic carbocycles. The van der Waals surface area contributed by atoms with Gasteiger partial charge in [0, 0.05) is 23.3 Å². The number of azo groups is 1. The molecule has 0 heterocycles. The fraction of sp³-hybridized carbons (Fsp3) is 0. The van der Waals surface area contributed by atoms with E-state index < -0.39 is 11.6 Å². The molecule has 0 atom stereocenters. The Morgan fingerprint density at radius 2 is 1.59 bits per heavy atom. The first-order valence-corrected chi connectivity index (χ1v) is 4.85. The van der Waals surface area contributed by atoms with Gasteiger partial charge < -0.3 is 5.21 Å². The first-order valence-electron chi connectivity index (χ1n) is 4.85. The van der Waals surface area contributed by atoms with Crippen LogP contribution in [-0.2, 0) is 0 Å². The molecule has 2 aromatic rings. The van der Waals surface area contributed by atoms with Gasteiger partial charge >= 0.3 is 0 Å². The van der Waals surface area contributed by atoms with Crippen molar-refractivity contribution in [2.45, 2.75) is 0 Å². The lowest BCUT2D eigenvalue weighted by atomic mass is 10.3. The summed E-state index contributed by atoms with van der Waals surface area (Å²) in [6.07, 6.45) is 0. The zero-order valence-corrected chi connectivity index (χ0v) is 8.68. The SMILES string of the molecule is [O-][N+](=Nc1cccc(F)c1)c1cccc(F)c1. The van der Waals surface area contributed by atoms with E-state index in [4.69, 9.17) is 0 Å². The maximum absolute atomic E-state index is 12.9. The maximum atomic E-state index is 12.9. The van der Waals surface area contributed by atoms with Crippen molar-refractivity contribution in [1.82, 2.24) is 0 Å². The minimum absolute atomic E-state index is 0.0502. The summed E-state index contributed by atoms with van der Waals surface area (Å²) in [5.74, 6) is -1.02. The van der Waals surface area contributed by atoms with E-state index in [0.717, 1.165) is 12.1 Å². The average molecular weight is 234 g/mol. The maximum Gasteiger partial charge on any atom is 0.247 e. The van der Waals surface area contributed by atoms with Gasteiger partial charge in [-0.2, -0.15) is 0 Å². The highest BCUT2D eigenvalue weighted by Crippen LogP contribution is 2.18. The zero-order chi connectivity index (χ0) is 12.3. The average Bonchev–Trinajstić information content (AvgIpc) is 2.29. The summed E-state index contributed by atoms with van der Waals surface area (Å²) in [7, 11) is 0. The van der Waals surface area contributed by atoms with Crippen LogP contribution in [-0.4, -0.2) is 4.86 Å². The quantitative estimate of drug-likeness (QED) is 0.441. The Morgan fingerprint density at radius 3 is 2.24 bits per heavy atom. The molecule has 86 valence electrons. The Labute approximate surface area is 96.2 Å². The topological polar surface area (TPSA) is 38.4 Å². The molecule has 0 aromatic heterocycles. The number of benzene rings is 2. The Bertz CT molecular complexity index is 570. The summed E-state index contributed by atoms with van der Waals surface area (Å²) in [6, 6.07) is 10.4. The van der Waals surface area contributed by atoms with Crippen molar-refractivity contribution >= 4 is 11.4 Å². The summed E-state index contributed by atoms with van der Waals surface area (Å²) in [4.78, 5) is 0.248. The van der Waals surface area contributed by atoms with E-state index in [9.17, 15) is 14.0 Å². The van der Waals surface area contributed by atoms with Crippen molar-refractivity contribution in [3.8, 4) is 0 Å². The minimum atomic E-state index is -0.530. The van der Waals surface area contributed by atoms with Crippen molar-refractivity contribution < 1.29 is 13.6 Å². The molecule has 0 N–H and O–H groups in total. The van der Waals surface area contributed by atoms with Crippen LogP contribution in [0.2, 0.25) is 0 Å². The normalized spacial score (nSPS) is 11.5. The number of halogens is 2. The molecular weight excluding hydrogens is 226 g/mol. The fourth-order valence-electron chi connectivity index (χ4n) is 1.30. The second kappa shape index (κ2) is 4.69. The highest BCUT2D eigenvalue weighted by molar-refractivity contribution is 5.36. The van der Waals surface area contributed by atoms with E-state index in [1.165, 1.54) is 36.4 Å². The fourth-order valence-corrected chi connectivity index (χ4v) is 1.30. The first-order chi connectivity index (χ1) is 8.15. The third-order valence-corrected chi connectivity index (χ3v) is 2.04. The van der Waals surface area contributed by atoms with Crippen molar-refractivity contribution in [2.75, 3.05) is 0 Å². The van der Waals surface area contributed by atoms with E-state index in [1.54, 1.807) is 0 Å². The second-order valence-corrected chi connectivity index (χ2v) is 3.33. The third kappa shape index (κ3) is 2.84. The number of hydrogen-bond donors (Lipinski definition) is 0. The molecule has 2 rings (SSSR count). The molecule has 0 saturated heterocycles. The minimum Gasteiger partial charge on any atom is -0.594 e. The Hall–Kier alpha value is -2.30. The second-order valence-electron chi connectivity index (χ2n) is 3.33. The highest BCUT2D eigenvalue weighted by atomic mass is 19.1. The molecule has 0 aliphatic rings. The van der Waals surface area contributed by atoms with Crippen LogP contribution in [0.25, 0.3) is 0 Å². The van der Waals surface area contributed by atoms with Crippen molar-refractivity contribution in [3.63, 3.8) is 0 Å². The molecule has 3 nitrogen and oxygen atoms in total. The summed E-state index contributed by atoms with van der Waals surface area (Å²) in [5, 5.41) is 15.1. The van der Waals surface area contributed by atoms with Crippen LogP contribution in [0.15, 0.2) is 53.6 Å². The van der Waals surface area contributed by atoms with Gasteiger partial charge in [0.25, 0.3) is 0 Å². The van der Waals surface area contributed by atoms with E-state index in [-0.39, 0.29) is 16.2 Å². The van der Waals surface area contributed by atoms with Crippen molar-refractivity contribution in [1.29, 1.82) is 0 Å². The van der Waals surface area contributed by atoms with Gasteiger partial charge in [-0.1, -0.05) is 17.0 Å². The van der Waals surface area contributed by atoms with Gasteiger partial charge in [-0.15, -0.1) is 0 Å². The number of hydrogen-bond acceptors (Lipinski definition) is 2.